The van der Waals surface area contributed by atoms with E-state index in [-0.39, 0.29) is 0 Å². The zero-order chi connectivity index (χ0) is 24.8. The first-order valence-corrected chi connectivity index (χ1v) is 13.6. The van der Waals surface area contributed by atoms with Crippen molar-refractivity contribution >= 4 is 11.4 Å². The smallest absolute Gasteiger partial charge is 0.0662 e. The summed E-state index contributed by atoms with van der Waals surface area (Å²) in [5.74, 6) is 0.647. The van der Waals surface area contributed by atoms with Gasteiger partial charge in [-0.25, -0.2) is 0 Å². The summed E-state index contributed by atoms with van der Waals surface area (Å²) in [6.45, 7) is 13.6. The van der Waals surface area contributed by atoms with E-state index in [4.69, 9.17) is 4.99 Å². The molecule has 34 heavy (non-hydrogen) atoms. The van der Waals surface area contributed by atoms with E-state index in [9.17, 15) is 0 Å². The van der Waals surface area contributed by atoms with Crippen LogP contribution in [0.3, 0.4) is 0 Å². The van der Waals surface area contributed by atoms with E-state index in [0.717, 1.165) is 37.8 Å². The van der Waals surface area contributed by atoms with Gasteiger partial charge in [0.25, 0.3) is 0 Å². The third kappa shape index (κ3) is 9.97. The van der Waals surface area contributed by atoms with Gasteiger partial charge in [0.15, 0.2) is 0 Å². The summed E-state index contributed by atoms with van der Waals surface area (Å²) in [5, 5.41) is 3.98. The van der Waals surface area contributed by atoms with Gasteiger partial charge in [-0.05, 0) is 62.5 Å². The number of nitrogens with one attached hydrogen (secondary N) is 1. The van der Waals surface area contributed by atoms with Gasteiger partial charge in [0.1, 0.15) is 0 Å². The highest BCUT2D eigenvalue weighted by molar-refractivity contribution is 5.89. The Hall–Kier alpha value is -2.19. The molecule has 0 aliphatic heterocycles. The first kappa shape index (κ1) is 28.1. The van der Waals surface area contributed by atoms with Crippen molar-refractivity contribution < 1.29 is 0 Å². The van der Waals surface area contributed by atoms with Crippen molar-refractivity contribution in [3.8, 4) is 0 Å². The van der Waals surface area contributed by atoms with Crippen LogP contribution in [0.5, 0.6) is 0 Å². The minimum absolute atomic E-state index is 0.381. The summed E-state index contributed by atoms with van der Waals surface area (Å²) in [5.41, 5.74) is 6.36. The minimum atomic E-state index is 0.381. The first-order valence-electron chi connectivity index (χ1n) is 13.6. The largest absolute Gasteiger partial charge is 0.307 e. The summed E-state index contributed by atoms with van der Waals surface area (Å²) in [7, 11) is 0. The summed E-state index contributed by atoms with van der Waals surface area (Å²) < 4.78 is 0. The van der Waals surface area contributed by atoms with Gasteiger partial charge in [-0.15, -0.1) is 0 Å². The van der Waals surface area contributed by atoms with Gasteiger partial charge >= 0.3 is 0 Å². The molecule has 0 heterocycles. The highest BCUT2D eigenvalue weighted by Gasteiger charge is 2.17. The van der Waals surface area contributed by atoms with Gasteiger partial charge in [-0.2, -0.15) is 0 Å². The lowest BCUT2D eigenvalue weighted by molar-refractivity contribution is 0.372. The fourth-order valence-electron chi connectivity index (χ4n) is 4.36. The third-order valence-corrected chi connectivity index (χ3v) is 6.54. The zero-order valence-corrected chi connectivity index (χ0v) is 22.6. The Balaban J connectivity index is 2.26. The van der Waals surface area contributed by atoms with Crippen LogP contribution in [0.4, 0.5) is 0 Å². The lowest BCUT2D eigenvalue weighted by Crippen LogP contribution is -2.33. The molecule has 1 N–H and O–H groups in total. The number of aryl methyl sites for hydroxylation is 1. The number of unbranched alkanes of at least 4 members (excludes halogenated alkanes) is 2. The summed E-state index contributed by atoms with van der Waals surface area (Å²) in [6, 6.07) is 20.6. The van der Waals surface area contributed by atoms with Crippen LogP contribution in [-0.2, 0) is 0 Å². The molecule has 0 spiro atoms. The van der Waals surface area contributed by atoms with Crippen LogP contribution in [0.2, 0.25) is 0 Å². The van der Waals surface area contributed by atoms with Crippen molar-refractivity contribution in [3.05, 3.63) is 77.4 Å². The molecule has 2 aromatic rings. The highest BCUT2D eigenvalue weighted by atomic mass is 14.9. The molecule has 2 heteroatoms. The van der Waals surface area contributed by atoms with Crippen LogP contribution < -0.4 is 5.32 Å². The number of nitrogens with zero attached hydrogens (tertiary/aromatic N) is 1. The van der Waals surface area contributed by atoms with Crippen LogP contribution in [0.15, 0.2) is 65.7 Å². The maximum atomic E-state index is 5.21. The lowest BCUT2D eigenvalue weighted by Gasteiger charge is -2.26. The van der Waals surface area contributed by atoms with E-state index in [1.54, 1.807) is 0 Å². The number of hydrogen-bond acceptors (Lipinski definition) is 2. The molecule has 2 unspecified atom stereocenters. The molecule has 0 aromatic heterocycles. The second-order valence-electron chi connectivity index (χ2n) is 10.0. The predicted molar refractivity (Wildman–Crippen MR) is 151 cm³/mol. The van der Waals surface area contributed by atoms with Crippen molar-refractivity contribution in [2.24, 2.45) is 10.9 Å². The highest BCUT2D eigenvalue weighted by Crippen LogP contribution is 2.25. The first-order chi connectivity index (χ1) is 16.5. The molecule has 0 aliphatic carbocycles. The Morgan fingerprint density at radius 2 is 1.65 bits per heavy atom. The van der Waals surface area contributed by atoms with Crippen LogP contribution in [0, 0.1) is 12.8 Å². The van der Waals surface area contributed by atoms with Gasteiger partial charge in [0.05, 0.1) is 5.70 Å². The predicted octanol–water partition coefficient (Wildman–Crippen LogP) is 9.31. The molecule has 0 radical (unpaired) electrons. The maximum absolute atomic E-state index is 5.21. The van der Waals surface area contributed by atoms with E-state index in [2.05, 4.69) is 108 Å². The normalized spacial score (nSPS) is 14.4. The van der Waals surface area contributed by atoms with E-state index in [1.165, 1.54) is 41.7 Å². The van der Waals surface area contributed by atoms with E-state index in [1.807, 2.05) is 0 Å². The van der Waals surface area contributed by atoms with Crippen molar-refractivity contribution in [3.63, 3.8) is 0 Å². The molecule has 2 nitrogen and oxygen atoms in total. The van der Waals surface area contributed by atoms with Gasteiger partial charge in [0, 0.05) is 17.8 Å². The lowest BCUT2D eigenvalue weighted by atomic mass is 9.95. The average Bonchev–Trinajstić information content (AvgIpc) is 2.85. The average molecular weight is 461 g/mol. The van der Waals surface area contributed by atoms with Crippen molar-refractivity contribution in [2.45, 2.75) is 105 Å². The van der Waals surface area contributed by atoms with Crippen LogP contribution in [0.25, 0.3) is 5.70 Å². The maximum Gasteiger partial charge on any atom is 0.0662 e. The Morgan fingerprint density at radius 1 is 0.941 bits per heavy atom. The molecule has 0 saturated carbocycles. The summed E-state index contributed by atoms with van der Waals surface area (Å²) in [4.78, 5) is 5.21. The molecule has 0 bridgehead atoms. The van der Waals surface area contributed by atoms with E-state index in [0.29, 0.717) is 18.0 Å². The molecule has 0 fully saturated rings. The van der Waals surface area contributed by atoms with Crippen LogP contribution >= 0.6 is 0 Å². The van der Waals surface area contributed by atoms with Crippen LogP contribution in [0.1, 0.15) is 109 Å². The van der Waals surface area contributed by atoms with Crippen molar-refractivity contribution in [1.82, 2.24) is 5.32 Å². The van der Waals surface area contributed by atoms with Gasteiger partial charge < -0.3 is 5.32 Å². The molecular formula is C32H48N2. The number of benzene rings is 2. The second kappa shape index (κ2) is 15.7. The standard InChI is InChI=1S/C32H48N2/c1-7-10-12-17-29(8-2)33-31(28-20-18-26(6)19-21-28)23-22-30(9-3)34-32(24-25(4)5)27-15-13-11-14-16-27/h11,13-16,18-21,23,25,30,32,34H,7-10,12,17,22,24H2,1-6H3/b31-23-,33-29+. The molecular weight excluding hydrogens is 412 g/mol. The minimum Gasteiger partial charge on any atom is -0.307 e. The molecule has 0 saturated heterocycles. The monoisotopic (exact) mass is 460 g/mol. The molecule has 0 amide bonds. The fourth-order valence-corrected chi connectivity index (χ4v) is 4.36. The Morgan fingerprint density at radius 3 is 2.24 bits per heavy atom. The second-order valence-corrected chi connectivity index (χ2v) is 10.0. The van der Waals surface area contributed by atoms with E-state index < -0.39 is 0 Å². The Kier molecular flexibility index (Phi) is 12.9. The number of hydrogen-bond donors (Lipinski definition) is 1. The quantitative estimate of drug-likeness (QED) is 0.208. The summed E-state index contributed by atoms with van der Waals surface area (Å²) in [6.07, 6.45) is 11.5. The molecule has 2 rings (SSSR count). The van der Waals surface area contributed by atoms with Gasteiger partial charge in [0.2, 0.25) is 0 Å². The third-order valence-electron chi connectivity index (χ3n) is 6.54. The fraction of sp³-hybridized carbons (Fsp3) is 0.531. The summed E-state index contributed by atoms with van der Waals surface area (Å²) >= 11 is 0. The van der Waals surface area contributed by atoms with Crippen molar-refractivity contribution in [1.29, 1.82) is 0 Å². The molecule has 2 aromatic carbocycles. The van der Waals surface area contributed by atoms with Gasteiger partial charge in [-0.3, -0.25) is 4.99 Å². The number of rotatable bonds is 15. The topological polar surface area (TPSA) is 24.4 Å². The Labute approximate surface area is 210 Å². The van der Waals surface area contributed by atoms with Gasteiger partial charge in [-0.1, -0.05) is 114 Å². The molecule has 186 valence electrons. The SMILES string of the molecule is CCCCC/C(CC)=N/C(=C\CC(CC)NC(CC(C)C)c1ccccc1)c1ccc(C)cc1. The van der Waals surface area contributed by atoms with Crippen LogP contribution in [-0.4, -0.2) is 11.8 Å². The van der Waals surface area contributed by atoms with Crippen molar-refractivity contribution in [2.75, 3.05) is 0 Å². The molecule has 0 aliphatic rings. The Bertz CT molecular complexity index is 862. The van der Waals surface area contributed by atoms with E-state index >= 15 is 0 Å². The molecule has 2 atom stereocenters. The number of aliphatic imine (C=N–C) groups is 1. The zero-order valence-electron chi connectivity index (χ0n) is 22.6.